The fourth-order valence-corrected chi connectivity index (χ4v) is 3.46. The summed E-state index contributed by atoms with van der Waals surface area (Å²) in [5.41, 5.74) is 3.32. The van der Waals surface area contributed by atoms with Crippen molar-refractivity contribution in [1.82, 2.24) is 4.98 Å². The molecule has 0 amide bonds. The molecule has 1 aliphatic rings. The summed E-state index contributed by atoms with van der Waals surface area (Å²) in [5, 5.41) is 3.45. The van der Waals surface area contributed by atoms with Gasteiger partial charge in [-0.05, 0) is 56.0 Å². The number of rotatable bonds is 7. The van der Waals surface area contributed by atoms with Crippen LogP contribution in [0.1, 0.15) is 39.0 Å². The van der Waals surface area contributed by atoms with Crippen LogP contribution in [0, 0.1) is 5.92 Å². The smallest absolute Gasteiger partial charge is 0.142 e. The van der Waals surface area contributed by atoms with E-state index in [4.69, 9.17) is 4.74 Å². The molecule has 0 bridgehead atoms. The Morgan fingerprint density at radius 3 is 2.41 bits per heavy atom. The Morgan fingerprint density at radius 2 is 1.74 bits per heavy atom. The second-order valence-electron chi connectivity index (χ2n) is 6.79. The Balaban J connectivity index is 0.00000182. The maximum Gasteiger partial charge on any atom is 0.142 e. The third-order valence-corrected chi connectivity index (χ3v) is 4.97. The van der Waals surface area contributed by atoms with E-state index in [1.165, 1.54) is 32.1 Å². The van der Waals surface area contributed by atoms with Crippen LogP contribution in [-0.4, -0.2) is 25.2 Å². The molecular weight excluding hydrogens is 381 g/mol. The summed E-state index contributed by atoms with van der Waals surface area (Å²) in [6.07, 6.45) is 10.3. The van der Waals surface area contributed by atoms with Crippen molar-refractivity contribution in [2.45, 2.75) is 39.0 Å². The van der Waals surface area contributed by atoms with Gasteiger partial charge in [-0.25, -0.2) is 0 Å². The Hall–Kier alpha value is -1.65. The van der Waals surface area contributed by atoms with Crippen LogP contribution in [0.2, 0.25) is 0 Å². The molecule has 1 fully saturated rings. The van der Waals surface area contributed by atoms with Crippen molar-refractivity contribution in [3.63, 3.8) is 0 Å². The van der Waals surface area contributed by atoms with Gasteiger partial charge in [-0.2, -0.15) is 0 Å². The lowest BCUT2D eigenvalue weighted by Crippen LogP contribution is -2.16. The summed E-state index contributed by atoms with van der Waals surface area (Å²) >= 11 is 0. The first-order valence-corrected chi connectivity index (χ1v) is 9.42. The number of benzene rings is 1. The van der Waals surface area contributed by atoms with Crippen LogP contribution >= 0.6 is 24.8 Å². The Labute approximate surface area is 175 Å². The summed E-state index contributed by atoms with van der Waals surface area (Å²) in [7, 11) is 2.07. The van der Waals surface area contributed by atoms with Crippen LogP contribution < -0.4 is 15.0 Å². The number of pyridine rings is 1. The summed E-state index contributed by atoms with van der Waals surface area (Å²) in [6.45, 7) is 3.82. The van der Waals surface area contributed by atoms with E-state index in [0.717, 1.165) is 36.0 Å². The molecule has 27 heavy (non-hydrogen) atoms. The average molecular weight is 412 g/mol. The van der Waals surface area contributed by atoms with Gasteiger partial charge in [-0.15, -0.1) is 24.8 Å². The summed E-state index contributed by atoms with van der Waals surface area (Å²) in [5.74, 6) is 1.67. The molecule has 1 N–H and O–H groups in total. The maximum atomic E-state index is 6.18. The molecule has 1 aliphatic carbocycles. The van der Waals surface area contributed by atoms with E-state index in [2.05, 4.69) is 47.4 Å². The zero-order chi connectivity index (χ0) is 17.5. The van der Waals surface area contributed by atoms with Crippen LogP contribution in [0.4, 0.5) is 17.1 Å². The van der Waals surface area contributed by atoms with Crippen molar-refractivity contribution < 1.29 is 4.74 Å². The molecule has 1 aromatic carbocycles. The monoisotopic (exact) mass is 411 g/mol. The van der Waals surface area contributed by atoms with Gasteiger partial charge < -0.3 is 15.0 Å². The van der Waals surface area contributed by atoms with Gasteiger partial charge in [0.2, 0.25) is 0 Å². The van der Waals surface area contributed by atoms with E-state index in [1.807, 2.05) is 24.5 Å². The number of halogens is 2. The minimum atomic E-state index is 0. The predicted molar refractivity (Wildman–Crippen MR) is 119 cm³/mol. The standard InChI is InChI=1S/C21H29N3O.2ClH/c1-3-23-20-15-19(24(2)18-11-13-22-14-12-18)9-10-21(20)25-16-17-7-5-4-6-8-17;;/h9-15,17,23H,3-8,16H2,1-2H3;2*1H. The van der Waals surface area contributed by atoms with Gasteiger partial charge in [0.05, 0.1) is 12.3 Å². The van der Waals surface area contributed by atoms with Crippen molar-refractivity contribution in [3.8, 4) is 5.75 Å². The fourth-order valence-electron chi connectivity index (χ4n) is 3.46. The molecule has 4 nitrogen and oxygen atoms in total. The summed E-state index contributed by atoms with van der Waals surface area (Å²) in [4.78, 5) is 6.25. The lowest BCUT2D eigenvalue weighted by Gasteiger charge is -2.24. The first-order valence-electron chi connectivity index (χ1n) is 9.42. The maximum absolute atomic E-state index is 6.18. The quantitative estimate of drug-likeness (QED) is 0.598. The molecule has 6 heteroatoms. The van der Waals surface area contributed by atoms with Crippen molar-refractivity contribution in [2.24, 2.45) is 5.92 Å². The van der Waals surface area contributed by atoms with Crippen LogP contribution in [0.25, 0.3) is 0 Å². The van der Waals surface area contributed by atoms with Crippen molar-refractivity contribution >= 4 is 41.9 Å². The second kappa shape index (κ2) is 11.9. The molecule has 0 atom stereocenters. The van der Waals surface area contributed by atoms with E-state index in [-0.39, 0.29) is 24.8 Å². The van der Waals surface area contributed by atoms with Gasteiger partial charge in [0.1, 0.15) is 5.75 Å². The van der Waals surface area contributed by atoms with Gasteiger partial charge >= 0.3 is 0 Å². The minimum absolute atomic E-state index is 0. The Kier molecular flexibility index (Phi) is 10.3. The average Bonchev–Trinajstić information content (AvgIpc) is 2.68. The number of hydrogen-bond donors (Lipinski definition) is 1. The van der Waals surface area contributed by atoms with Crippen molar-refractivity contribution in [3.05, 3.63) is 42.7 Å². The molecule has 0 radical (unpaired) electrons. The highest BCUT2D eigenvalue weighted by atomic mass is 35.5. The summed E-state index contributed by atoms with van der Waals surface area (Å²) in [6, 6.07) is 10.4. The molecule has 1 aromatic heterocycles. The summed E-state index contributed by atoms with van der Waals surface area (Å²) < 4.78 is 6.18. The molecule has 0 spiro atoms. The molecule has 0 aliphatic heterocycles. The highest BCUT2D eigenvalue weighted by Crippen LogP contribution is 2.33. The van der Waals surface area contributed by atoms with Crippen LogP contribution in [0.3, 0.4) is 0 Å². The fraction of sp³-hybridized carbons (Fsp3) is 0.476. The van der Waals surface area contributed by atoms with E-state index in [0.29, 0.717) is 5.92 Å². The highest BCUT2D eigenvalue weighted by molar-refractivity contribution is 5.85. The Bertz CT molecular complexity index is 664. The SMILES string of the molecule is CCNc1cc(N(C)c2ccncc2)ccc1OCC1CCCCC1.Cl.Cl. The van der Waals surface area contributed by atoms with Gasteiger partial charge in [-0.3, -0.25) is 4.98 Å². The Morgan fingerprint density at radius 1 is 1.04 bits per heavy atom. The van der Waals surface area contributed by atoms with Crippen LogP contribution in [0.15, 0.2) is 42.7 Å². The number of aromatic nitrogens is 1. The third kappa shape index (κ3) is 6.47. The molecule has 0 saturated heterocycles. The van der Waals surface area contributed by atoms with E-state index < -0.39 is 0 Å². The molecule has 0 unspecified atom stereocenters. The second-order valence-corrected chi connectivity index (χ2v) is 6.79. The predicted octanol–water partition coefficient (Wildman–Crippen LogP) is 6.08. The number of nitrogens with zero attached hydrogens (tertiary/aromatic N) is 2. The lowest BCUT2D eigenvalue weighted by molar-refractivity contribution is 0.209. The van der Waals surface area contributed by atoms with E-state index in [1.54, 1.807) is 0 Å². The zero-order valence-electron chi connectivity index (χ0n) is 16.2. The van der Waals surface area contributed by atoms with E-state index >= 15 is 0 Å². The number of anilines is 3. The van der Waals surface area contributed by atoms with Gasteiger partial charge in [0.25, 0.3) is 0 Å². The van der Waals surface area contributed by atoms with Crippen LogP contribution in [0.5, 0.6) is 5.75 Å². The molecule has 1 heterocycles. The minimum Gasteiger partial charge on any atom is -0.491 e. The number of nitrogens with one attached hydrogen (secondary N) is 1. The molecule has 3 rings (SSSR count). The molecular formula is C21H31Cl2N3O. The number of ether oxygens (including phenoxy) is 1. The van der Waals surface area contributed by atoms with Crippen LogP contribution in [-0.2, 0) is 0 Å². The molecule has 2 aromatic rings. The van der Waals surface area contributed by atoms with Gasteiger partial charge in [0.15, 0.2) is 0 Å². The largest absolute Gasteiger partial charge is 0.491 e. The highest BCUT2D eigenvalue weighted by Gasteiger charge is 2.15. The molecule has 150 valence electrons. The lowest BCUT2D eigenvalue weighted by atomic mass is 9.90. The van der Waals surface area contributed by atoms with Crippen molar-refractivity contribution in [1.29, 1.82) is 0 Å². The molecule has 1 saturated carbocycles. The van der Waals surface area contributed by atoms with E-state index in [9.17, 15) is 0 Å². The third-order valence-electron chi connectivity index (χ3n) is 4.97. The zero-order valence-corrected chi connectivity index (χ0v) is 17.8. The first kappa shape index (κ1) is 23.4. The first-order chi connectivity index (χ1) is 12.3. The number of hydrogen-bond acceptors (Lipinski definition) is 4. The topological polar surface area (TPSA) is 37.4 Å². The van der Waals surface area contributed by atoms with Gasteiger partial charge in [-0.1, -0.05) is 19.3 Å². The van der Waals surface area contributed by atoms with Crippen molar-refractivity contribution in [2.75, 3.05) is 30.4 Å². The van der Waals surface area contributed by atoms with Gasteiger partial charge in [0, 0.05) is 37.4 Å². The normalized spacial score (nSPS) is 13.9.